The minimum Gasteiger partial charge on any atom is -0.463 e. The summed E-state index contributed by atoms with van der Waals surface area (Å²) in [5.41, 5.74) is 0. The smallest absolute Gasteiger partial charge is 0.463 e. The van der Waals surface area contributed by atoms with Gasteiger partial charge in [0.2, 0.25) is 5.91 Å². The molecule has 2 unspecified atom stereocenters. The molecule has 0 aromatic rings. The number of amides is 1. The second kappa shape index (κ2) is 36.0. The Kier molecular flexibility index (Phi) is 34.7. The Hall–Kier alpha value is -1.77. The largest absolute Gasteiger partial charge is 0.472 e. The van der Waals surface area contributed by atoms with Crippen LogP contribution in [0.25, 0.3) is 0 Å². The first kappa shape index (κ1) is 47.2. The van der Waals surface area contributed by atoms with Crippen molar-refractivity contribution < 1.29 is 37.9 Å². The fraction of sp³-hybridized carbons (Fsp3) is 0.795. The van der Waals surface area contributed by atoms with Gasteiger partial charge in [-0.3, -0.25) is 18.6 Å². The van der Waals surface area contributed by atoms with E-state index in [9.17, 15) is 24.2 Å². The van der Waals surface area contributed by atoms with Gasteiger partial charge in [-0.15, -0.1) is 0 Å². The highest BCUT2D eigenvalue weighted by Crippen LogP contribution is 2.42. The van der Waals surface area contributed by atoms with Crippen molar-refractivity contribution in [3.8, 4) is 0 Å². The zero-order valence-electron chi connectivity index (χ0n) is 31.1. The SMILES string of the molecule is CCCC/C=C\CCCCCCCC(=O)NCCOP(=O)(O)OCC(O)COC(=O)CCCCCCCCC/C=C\C/C=C\CCCCC. The summed E-state index contributed by atoms with van der Waals surface area (Å²) in [5, 5.41) is 12.6. The average Bonchev–Trinajstić information content (AvgIpc) is 3.08. The Labute approximate surface area is 299 Å². The van der Waals surface area contributed by atoms with Crippen molar-refractivity contribution in [1.82, 2.24) is 5.32 Å². The minimum absolute atomic E-state index is 0.0758. The summed E-state index contributed by atoms with van der Waals surface area (Å²) >= 11 is 0. The fourth-order valence-electron chi connectivity index (χ4n) is 5.04. The third-order valence-corrected chi connectivity index (χ3v) is 9.03. The highest BCUT2D eigenvalue weighted by molar-refractivity contribution is 7.47. The third-order valence-electron chi connectivity index (χ3n) is 8.04. The zero-order valence-corrected chi connectivity index (χ0v) is 32.0. The van der Waals surface area contributed by atoms with Crippen LogP contribution in [-0.4, -0.2) is 54.3 Å². The summed E-state index contributed by atoms with van der Waals surface area (Å²) in [6.45, 7) is 3.46. The second-order valence-electron chi connectivity index (χ2n) is 12.9. The maximum Gasteiger partial charge on any atom is 0.472 e. The van der Waals surface area contributed by atoms with Gasteiger partial charge in [0, 0.05) is 19.4 Å². The molecule has 0 spiro atoms. The van der Waals surface area contributed by atoms with E-state index in [-0.39, 0.29) is 32.1 Å². The molecule has 9 nitrogen and oxygen atoms in total. The summed E-state index contributed by atoms with van der Waals surface area (Å²) in [7, 11) is -4.41. The maximum atomic E-state index is 12.0. The summed E-state index contributed by atoms with van der Waals surface area (Å²) < 4.78 is 26.8. The number of ether oxygens (including phenoxy) is 1. The van der Waals surface area contributed by atoms with Crippen LogP contribution in [0, 0.1) is 0 Å². The lowest BCUT2D eigenvalue weighted by Gasteiger charge is -2.15. The van der Waals surface area contributed by atoms with E-state index in [1.807, 2.05) is 0 Å². The number of phosphoric ester groups is 1. The molecule has 0 aromatic carbocycles. The number of allylic oxidation sites excluding steroid dienone is 6. The summed E-state index contributed by atoms with van der Waals surface area (Å²) in [6.07, 6.45) is 37.8. The molecular formula is C39H72NO8P. The fourth-order valence-corrected chi connectivity index (χ4v) is 5.79. The minimum atomic E-state index is -4.41. The molecule has 0 aliphatic rings. The van der Waals surface area contributed by atoms with Gasteiger partial charge >= 0.3 is 13.8 Å². The average molecular weight is 714 g/mol. The summed E-state index contributed by atoms with van der Waals surface area (Å²) in [5.74, 6) is -0.536. The molecule has 3 N–H and O–H groups in total. The highest BCUT2D eigenvalue weighted by Gasteiger charge is 2.23. The van der Waals surface area contributed by atoms with Gasteiger partial charge in [-0.25, -0.2) is 4.57 Å². The molecule has 0 bridgehead atoms. The molecule has 0 heterocycles. The van der Waals surface area contributed by atoms with Gasteiger partial charge in [-0.2, -0.15) is 0 Å². The number of phosphoric acid groups is 1. The van der Waals surface area contributed by atoms with E-state index in [4.69, 9.17) is 13.8 Å². The molecule has 10 heteroatoms. The van der Waals surface area contributed by atoms with E-state index in [1.165, 1.54) is 70.6 Å². The van der Waals surface area contributed by atoms with E-state index < -0.39 is 26.5 Å². The molecule has 0 aliphatic heterocycles. The number of hydrogen-bond donors (Lipinski definition) is 3. The Morgan fingerprint density at radius 3 is 1.71 bits per heavy atom. The number of rotatable bonds is 36. The molecule has 0 rings (SSSR count). The number of hydrogen-bond acceptors (Lipinski definition) is 7. The van der Waals surface area contributed by atoms with Crippen molar-refractivity contribution in [3.05, 3.63) is 36.5 Å². The lowest BCUT2D eigenvalue weighted by atomic mass is 10.1. The molecule has 0 saturated carbocycles. The van der Waals surface area contributed by atoms with Crippen molar-refractivity contribution in [1.29, 1.82) is 0 Å². The molecular weight excluding hydrogens is 641 g/mol. The molecule has 0 aliphatic carbocycles. The first-order chi connectivity index (χ1) is 23.8. The Bertz CT molecular complexity index is 907. The first-order valence-corrected chi connectivity index (χ1v) is 21.0. The molecule has 0 aromatic heterocycles. The van der Waals surface area contributed by atoms with Crippen LogP contribution in [0.15, 0.2) is 36.5 Å². The van der Waals surface area contributed by atoms with E-state index in [0.717, 1.165) is 70.6 Å². The number of carbonyl (C=O) groups is 2. The van der Waals surface area contributed by atoms with Gasteiger partial charge < -0.3 is 20.1 Å². The predicted octanol–water partition coefficient (Wildman–Crippen LogP) is 10.2. The van der Waals surface area contributed by atoms with Gasteiger partial charge in [0.15, 0.2) is 0 Å². The van der Waals surface area contributed by atoms with Crippen LogP contribution in [0.2, 0.25) is 0 Å². The van der Waals surface area contributed by atoms with Gasteiger partial charge in [0.05, 0.1) is 13.2 Å². The van der Waals surface area contributed by atoms with Gasteiger partial charge in [0.25, 0.3) is 0 Å². The van der Waals surface area contributed by atoms with Crippen molar-refractivity contribution in [2.24, 2.45) is 0 Å². The topological polar surface area (TPSA) is 131 Å². The molecule has 0 radical (unpaired) electrons. The van der Waals surface area contributed by atoms with Crippen molar-refractivity contribution in [2.45, 2.75) is 174 Å². The van der Waals surface area contributed by atoms with Crippen molar-refractivity contribution in [3.63, 3.8) is 0 Å². The number of unbranched alkanes of at least 4 members (excludes halogenated alkanes) is 17. The van der Waals surface area contributed by atoms with Crippen LogP contribution < -0.4 is 5.32 Å². The number of esters is 1. The first-order valence-electron chi connectivity index (χ1n) is 19.5. The Balaban J connectivity index is 3.64. The second-order valence-corrected chi connectivity index (χ2v) is 14.3. The Morgan fingerprint density at radius 2 is 1.12 bits per heavy atom. The van der Waals surface area contributed by atoms with Gasteiger partial charge in [-0.05, 0) is 64.2 Å². The highest BCUT2D eigenvalue weighted by atomic mass is 31.2. The molecule has 1 amide bonds. The van der Waals surface area contributed by atoms with Crippen LogP contribution in [0.5, 0.6) is 0 Å². The Morgan fingerprint density at radius 1 is 0.633 bits per heavy atom. The van der Waals surface area contributed by atoms with Gasteiger partial charge in [-0.1, -0.05) is 127 Å². The van der Waals surface area contributed by atoms with Crippen LogP contribution in [-0.2, 0) is 27.9 Å². The molecule has 286 valence electrons. The summed E-state index contributed by atoms with van der Waals surface area (Å²) in [4.78, 5) is 33.7. The van der Waals surface area contributed by atoms with Crippen molar-refractivity contribution in [2.75, 3.05) is 26.4 Å². The quantitative estimate of drug-likeness (QED) is 0.0253. The predicted molar refractivity (Wildman–Crippen MR) is 201 cm³/mol. The van der Waals surface area contributed by atoms with Crippen LogP contribution in [0.1, 0.15) is 168 Å². The number of aliphatic hydroxyl groups is 1. The van der Waals surface area contributed by atoms with Gasteiger partial charge in [0.1, 0.15) is 12.7 Å². The third kappa shape index (κ3) is 37.3. The van der Waals surface area contributed by atoms with Crippen LogP contribution in [0.4, 0.5) is 0 Å². The van der Waals surface area contributed by atoms with E-state index >= 15 is 0 Å². The van der Waals surface area contributed by atoms with E-state index in [2.05, 4.69) is 55.6 Å². The van der Waals surface area contributed by atoms with E-state index in [1.54, 1.807) is 0 Å². The maximum absolute atomic E-state index is 12.0. The zero-order chi connectivity index (χ0) is 36.1. The normalized spacial score (nSPS) is 13.8. The number of aliphatic hydroxyl groups excluding tert-OH is 1. The summed E-state index contributed by atoms with van der Waals surface area (Å²) in [6, 6.07) is 0. The van der Waals surface area contributed by atoms with Crippen molar-refractivity contribution >= 4 is 19.7 Å². The molecule has 49 heavy (non-hydrogen) atoms. The van der Waals surface area contributed by atoms with Crippen LogP contribution >= 0.6 is 7.82 Å². The molecule has 0 saturated heterocycles. The number of nitrogens with one attached hydrogen (secondary N) is 1. The molecule has 0 fully saturated rings. The van der Waals surface area contributed by atoms with Crippen LogP contribution in [0.3, 0.4) is 0 Å². The number of carbonyl (C=O) groups excluding carboxylic acids is 2. The standard InChI is InChI=1S/C39H72NO8P/c1-3-5-7-9-11-13-15-16-17-18-19-20-22-24-26-28-30-32-39(43)46-35-37(41)36-48-49(44,45)47-34-33-40-38(42)31-29-27-25-23-21-14-12-10-8-6-4-2/h10-13,16-17,37,41H,3-9,14-15,18-36H2,1-2H3,(H,40,42)(H,44,45)/b12-10-,13-11-,17-16-. The lowest BCUT2D eigenvalue weighted by molar-refractivity contribution is -0.147. The monoisotopic (exact) mass is 713 g/mol. The molecule has 2 atom stereocenters. The van der Waals surface area contributed by atoms with E-state index in [0.29, 0.717) is 6.42 Å². The lowest BCUT2D eigenvalue weighted by Crippen LogP contribution is -2.27.